The highest BCUT2D eigenvalue weighted by Crippen LogP contribution is 2.22. The summed E-state index contributed by atoms with van der Waals surface area (Å²) < 4.78 is 5.20. The van der Waals surface area contributed by atoms with Gasteiger partial charge in [-0.05, 0) is 12.1 Å². The smallest absolute Gasteiger partial charge is 0.326 e. The van der Waals surface area contributed by atoms with Crippen molar-refractivity contribution in [1.82, 2.24) is 14.9 Å². The molecule has 2 aromatic rings. The number of likely N-dealkylation sites (tertiary alicyclic amines) is 1. The van der Waals surface area contributed by atoms with Crippen LogP contribution in [0.5, 0.6) is 0 Å². The highest BCUT2D eigenvalue weighted by molar-refractivity contribution is 7.98. The number of aromatic amines is 1. The van der Waals surface area contributed by atoms with Gasteiger partial charge in [-0.1, -0.05) is 12.1 Å². The van der Waals surface area contributed by atoms with Crippen molar-refractivity contribution in [2.45, 2.75) is 30.7 Å². The largest absolute Gasteiger partial charge is 0.480 e. The van der Waals surface area contributed by atoms with Crippen LogP contribution in [0.15, 0.2) is 29.1 Å². The van der Waals surface area contributed by atoms with Crippen LogP contribution in [0.2, 0.25) is 0 Å². The molecule has 2 N–H and O–H groups in total. The molecule has 1 aromatic carbocycles. The first-order valence-electron chi connectivity index (χ1n) is 8.60. The van der Waals surface area contributed by atoms with E-state index >= 15 is 0 Å². The van der Waals surface area contributed by atoms with Gasteiger partial charge in [-0.2, -0.15) is 11.8 Å². The maximum Gasteiger partial charge on any atom is 0.326 e. The van der Waals surface area contributed by atoms with Crippen molar-refractivity contribution in [3.8, 4) is 0 Å². The van der Waals surface area contributed by atoms with E-state index in [9.17, 15) is 19.5 Å². The normalized spacial score (nSPS) is 19.5. The summed E-state index contributed by atoms with van der Waals surface area (Å²) in [6.07, 6.45) is 0.296. The zero-order chi connectivity index (χ0) is 19.4. The minimum absolute atomic E-state index is 0.181. The molecule has 1 amide bonds. The zero-order valence-corrected chi connectivity index (χ0v) is 15.7. The number of hydrogen-bond acceptors (Lipinski definition) is 6. The zero-order valence-electron chi connectivity index (χ0n) is 14.9. The summed E-state index contributed by atoms with van der Waals surface area (Å²) in [4.78, 5) is 44.3. The van der Waals surface area contributed by atoms with Crippen LogP contribution < -0.4 is 5.56 Å². The molecule has 0 bridgehead atoms. The fourth-order valence-corrected chi connectivity index (χ4v) is 3.95. The Kier molecular flexibility index (Phi) is 6.12. The Bertz CT molecular complexity index is 900. The predicted molar refractivity (Wildman–Crippen MR) is 102 cm³/mol. The number of amides is 1. The van der Waals surface area contributed by atoms with Crippen molar-refractivity contribution in [3.05, 3.63) is 40.4 Å². The van der Waals surface area contributed by atoms with E-state index in [0.29, 0.717) is 41.2 Å². The van der Waals surface area contributed by atoms with Crippen LogP contribution in [0.4, 0.5) is 0 Å². The highest BCUT2D eigenvalue weighted by atomic mass is 32.2. The van der Waals surface area contributed by atoms with E-state index in [0.717, 1.165) is 0 Å². The van der Waals surface area contributed by atoms with Gasteiger partial charge < -0.3 is 19.7 Å². The van der Waals surface area contributed by atoms with Gasteiger partial charge in [0.05, 0.1) is 22.8 Å². The predicted octanol–water partition coefficient (Wildman–Crippen LogP) is 1.25. The molecule has 27 heavy (non-hydrogen) atoms. The fourth-order valence-electron chi connectivity index (χ4n) is 3.15. The number of nitrogens with zero attached hydrogens (tertiary/aromatic N) is 2. The number of carbonyl (C=O) groups is 2. The molecule has 0 saturated carbocycles. The second kappa shape index (κ2) is 8.53. The van der Waals surface area contributed by atoms with Crippen molar-refractivity contribution in [1.29, 1.82) is 0 Å². The van der Waals surface area contributed by atoms with Gasteiger partial charge >= 0.3 is 5.97 Å². The van der Waals surface area contributed by atoms with Gasteiger partial charge in [0.1, 0.15) is 11.9 Å². The molecule has 2 unspecified atom stereocenters. The molecular weight excluding hydrogens is 370 g/mol. The maximum atomic E-state index is 12.4. The standard InChI is InChI=1S/C18H21N3O5S/c1-26-11-8-14(18(24)25)21(9-11)16(22)6-7-27-10-15-19-13-5-3-2-4-12(13)17(23)20-15/h2-5,11,14H,6-10H2,1H3,(H,24,25)(H,19,20,23). The second-order valence-corrected chi connectivity index (χ2v) is 7.43. The monoisotopic (exact) mass is 391 g/mol. The molecule has 1 fully saturated rings. The average molecular weight is 391 g/mol. The summed E-state index contributed by atoms with van der Waals surface area (Å²) in [5.41, 5.74) is 0.458. The Balaban J connectivity index is 1.53. The van der Waals surface area contributed by atoms with Crippen LogP contribution in [-0.4, -0.2) is 63.4 Å². The number of rotatable bonds is 7. The van der Waals surface area contributed by atoms with Crippen molar-refractivity contribution < 1.29 is 19.4 Å². The van der Waals surface area contributed by atoms with Crippen LogP contribution in [0.3, 0.4) is 0 Å². The van der Waals surface area contributed by atoms with Crippen molar-refractivity contribution in [2.75, 3.05) is 19.4 Å². The Hall–Kier alpha value is -2.39. The van der Waals surface area contributed by atoms with Crippen molar-refractivity contribution in [2.24, 2.45) is 0 Å². The quantitative estimate of drug-likeness (QED) is 0.683. The van der Waals surface area contributed by atoms with Crippen LogP contribution in [0, 0.1) is 0 Å². The molecule has 9 heteroatoms. The Morgan fingerprint density at radius 1 is 1.41 bits per heavy atom. The number of hydrogen-bond donors (Lipinski definition) is 2. The number of ether oxygens (including phenoxy) is 1. The number of nitrogens with one attached hydrogen (secondary N) is 1. The van der Waals surface area contributed by atoms with Crippen LogP contribution in [0.25, 0.3) is 10.9 Å². The maximum absolute atomic E-state index is 12.4. The lowest BCUT2D eigenvalue weighted by Crippen LogP contribution is -2.40. The molecule has 1 saturated heterocycles. The van der Waals surface area contributed by atoms with Crippen LogP contribution in [0.1, 0.15) is 18.7 Å². The summed E-state index contributed by atoms with van der Waals surface area (Å²) in [7, 11) is 1.52. The molecule has 2 atom stereocenters. The third-order valence-electron chi connectivity index (χ3n) is 4.56. The summed E-state index contributed by atoms with van der Waals surface area (Å²) in [5.74, 6) is 0.329. The number of carbonyl (C=O) groups excluding carboxylic acids is 1. The fraction of sp³-hybridized carbons (Fsp3) is 0.444. The number of methoxy groups -OCH3 is 1. The lowest BCUT2D eigenvalue weighted by molar-refractivity contribution is -0.148. The van der Waals surface area contributed by atoms with Crippen molar-refractivity contribution in [3.63, 3.8) is 0 Å². The van der Waals surface area contributed by atoms with E-state index < -0.39 is 12.0 Å². The molecule has 3 rings (SSSR count). The Labute approximate surface area is 159 Å². The van der Waals surface area contributed by atoms with Crippen molar-refractivity contribution >= 4 is 34.5 Å². The summed E-state index contributed by atoms with van der Waals surface area (Å²) in [5, 5.41) is 9.83. The molecule has 1 aliphatic heterocycles. The topological polar surface area (TPSA) is 113 Å². The van der Waals surface area contributed by atoms with E-state index in [4.69, 9.17) is 4.74 Å². The Morgan fingerprint density at radius 3 is 2.93 bits per heavy atom. The lowest BCUT2D eigenvalue weighted by atomic mass is 10.2. The van der Waals surface area contributed by atoms with Gasteiger partial charge in [-0.15, -0.1) is 0 Å². The number of aliphatic carboxylic acids is 1. The third kappa shape index (κ3) is 4.48. The molecule has 0 aliphatic carbocycles. The van der Waals surface area contributed by atoms with Gasteiger partial charge in [0.25, 0.3) is 5.56 Å². The molecular formula is C18H21N3O5S. The average Bonchev–Trinajstić information content (AvgIpc) is 3.10. The minimum atomic E-state index is -1.01. The summed E-state index contributed by atoms with van der Waals surface area (Å²) >= 11 is 1.47. The van der Waals surface area contributed by atoms with Gasteiger partial charge in [0.2, 0.25) is 5.91 Å². The highest BCUT2D eigenvalue weighted by Gasteiger charge is 2.39. The number of aromatic nitrogens is 2. The molecule has 8 nitrogen and oxygen atoms in total. The summed E-state index contributed by atoms with van der Waals surface area (Å²) in [6, 6.07) is 6.29. The molecule has 144 valence electrons. The SMILES string of the molecule is COC1CC(C(=O)O)N(C(=O)CCSCc2nc3ccccc3c(=O)[nH]2)C1. The number of carboxylic acids is 1. The second-order valence-electron chi connectivity index (χ2n) is 6.33. The first-order chi connectivity index (χ1) is 13.0. The van der Waals surface area contributed by atoms with Gasteiger partial charge in [0, 0.05) is 32.2 Å². The van der Waals surface area contributed by atoms with E-state index in [1.807, 2.05) is 6.07 Å². The van der Waals surface area contributed by atoms with E-state index in [1.54, 1.807) is 18.2 Å². The van der Waals surface area contributed by atoms with Gasteiger partial charge in [-0.25, -0.2) is 9.78 Å². The Morgan fingerprint density at radius 2 is 2.19 bits per heavy atom. The number of benzene rings is 1. The first kappa shape index (κ1) is 19.4. The first-order valence-corrected chi connectivity index (χ1v) is 9.76. The number of H-pyrrole nitrogens is 1. The number of thioether (sulfide) groups is 1. The number of fused-ring (bicyclic) bond motifs is 1. The minimum Gasteiger partial charge on any atom is -0.480 e. The summed E-state index contributed by atoms with van der Waals surface area (Å²) in [6.45, 7) is 0.302. The van der Waals surface area contributed by atoms with E-state index in [-0.39, 0.29) is 24.0 Å². The van der Waals surface area contributed by atoms with Gasteiger partial charge in [-0.3, -0.25) is 9.59 Å². The third-order valence-corrected chi connectivity index (χ3v) is 5.53. The van der Waals surface area contributed by atoms with E-state index in [1.165, 1.54) is 23.8 Å². The number of para-hydroxylation sites is 1. The molecule has 0 radical (unpaired) electrons. The molecule has 1 aliphatic rings. The van der Waals surface area contributed by atoms with Gasteiger partial charge in [0.15, 0.2) is 0 Å². The molecule has 0 spiro atoms. The molecule has 1 aromatic heterocycles. The van der Waals surface area contributed by atoms with Crippen LogP contribution in [-0.2, 0) is 20.1 Å². The number of carboxylic acid groups (broad SMARTS) is 1. The molecule has 2 heterocycles. The lowest BCUT2D eigenvalue weighted by Gasteiger charge is -2.21. The van der Waals surface area contributed by atoms with E-state index in [2.05, 4.69) is 9.97 Å². The van der Waals surface area contributed by atoms with Crippen LogP contribution >= 0.6 is 11.8 Å².